The number of urea groups is 1. The van der Waals surface area contributed by atoms with Crippen LogP contribution in [0.5, 0.6) is 0 Å². The van der Waals surface area contributed by atoms with Gasteiger partial charge in [-0.1, -0.05) is 42.5 Å². The molecular weight excluding hydrogens is 414 g/mol. The van der Waals surface area contributed by atoms with Crippen LogP contribution in [0.3, 0.4) is 0 Å². The van der Waals surface area contributed by atoms with Crippen LogP contribution in [0.1, 0.15) is 22.7 Å². The first kappa shape index (κ1) is 21.0. The molecule has 2 aromatic heterocycles. The largest absolute Gasteiger partial charge is 0.330 e. The fraction of sp³-hybridized carbons (Fsp3) is 0.240. The lowest BCUT2D eigenvalue weighted by Gasteiger charge is -2.20. The summed E-state index contributed by atoms with van der Waals surface area (Å²) >= 11 is 0. The number of benzene rings is 2. The molecule has 2 aromatic carbocycles. The third kappa shape index (κ3) is 4.25. The van der Waals surface area contributed by atoms with Crippen LogP contribution >= 0.6 is 0 Å². The Morgan fingerprint density at radius 1 is 1.12 bits per heavy atom. The van der Waals surface area contributed by atoms with Gasteiger partial charge in [-0.15, -0.1) is 0 Å². The quantitative estimate of drug-likeness (QED) is 0.452. The Hall–Kier alpha value is -3.91. The summed E-state index contributed by atoms with van der Waals surface area (Å²) in [5, 5.41) is 18.7. The molecule has 33 heavy (non-hydrogen) atoms. The van der Waals surface area contributed by atoms with Crippen LogP contribution in [0.4, 0.5) is 10.6 Å². The average Bonchev–Trinajstić information content (AvgIpc) is 3.32. The Labute approximate surface area is 192 Å². The zero-order chi connectivity index (χ0) is 22.8. The second-order valence-corrected chi connectivity index (χ2v) is 8.28. The normalized spacial score (nSPS) is 15.5. The highest BCUT2D eigenvalue weighted by atomic mass is 16.2. The van der Waals surface area contributed by atoms with Gasteiger partial charge in [-0.3, -0.25) is 10.00 Å². The zero-order valence-electron chi connectivity index (χ0n) is 18.7. The molecule has 1 aliphatic heterocycles. The molecule has 0 aliphatic carbocycles. The van der Waals surface area contributed by atoms with Gasteiger partial charge in [0, 0.05) is 30.9 Å². The van der Waals surface area contributed by atoms with E-state index in [1.165, 1.54) is 5.56 Å². The first-order chi connectivity index (χ1) is 16.1. The van der Waals surface area contributed by atoms with Crippen molar-refractivity contribution >= 4 is 11.8 Å². The molecule has 8 nitrogen and oxygen atoms in total. The highest BCUT2D eigenvalue weighted by molar-refractivity contribution is 5.91. The van der Waals surface area contributed by atoms with Gasteiger partial charge in [-0.2, -0.15) is 10.2 Å². The number of hydrogen-bond acceptors (Lipinski definition) is 4. The van der Waals surface area contributed by atoms with Crippen molar-refractivity contribution in [2.75, 3.05) is 18.4 Å². The Balaban J connectivity index is 1.46. The second kappa shape index (κ2) is 8.91. The van der Waals surface area contributed by atoms with Crippen LogP contribution in [0, 0.1) is 6.92 Å². The molecule has 1 aliphatic rings. The van der Waals surface area contributed by atoms with Crippen molar-refractivity contribution < 1.29 is 4.79 Å². The fourth-order valence-electron chi connectivity index (χ4n) is 4.33. The van der Waals surface area contributed by atoms with Gasteiger partial charge in [0.2, 0.25) is 0 Å². The Morgan fingerprint density at radius 2 is 1.91 bits per heavy atom. The summed E-state index contributed by atoms with van der Waals surface area (Å²) in [4.78, 5) is 13.2. The summed E-state index contributed by atoms with van der Waals surface area (Å²) in [5.74, 6) is 0.632. The lowest BCUT2D eigenvalue weighted by Crippen LogP contribution is -2.37. The van der Waals surface area contributed by atoms with Crippen molar-refractivity contribution in [1.29, 1.82) is 0 Å². The summed E-state index contributed by atoms with van der Waals surface area (Å²) < 4.78 is 3.52. The maximum atomic E-state index is 13.2. The van der Waals surface area contributed by atoms with Gasteiger partial charge in [0.1, 0.15) is 11.5 Å². The van der Waals surface area contributed by atoms with Crippen molar-refractivity contribution in [3.05, 3.63) is 83.7 Å². The van der Waals surface area contributed by atoms with E-state index in [1.54, 1.807) is 15.6 Å². The van der Waals surface area contributed by atoms with Crippen molar-refractivity contribution in [1.82, 2.24) is 30.2 Å². The van der Waals surface area contributed by atoms with E-state index in [4.69, 9.17) is 5.10 Å². The number of amides is 2. The number of fused-ring (bicyclic) bond motifs is 1. The van der Waals surface area contributed by atoms with Gasteiger partial charge in [0.25, 0.3) is 0 Å². The summed E-state index contributed by atoms with van der Waals surface area (Å²) in [5.41, 5.74) is 5.84. The fourth-order valence-corrected chi connectivity index (χ4v) is 4.33. The molecular formula is C25H27N7O. The number of hydrogen-bond donors (Lipinski definition) is 3. The molecule has 168 valence electrons. The molecule has 5 rings (SSSR count). The van der Waals surface area contributed by atoms with Crippen LogP contribution in [0.15, 0.2) is 67.0 Å². The highest BCUT2D eigenvalue weighted by Crippen LogP contribution is 2.30. The molecule has 1 unspecified atom stereocenters. The molecule has 2 amide bonds. The Kier molecular flexibility index (Phi) is 5.66. The summed E-state index contributed by atoms with van der Waals surface area (Å²) in [6.07, 6.45) is 4.65. The summed E-state index contributed by atoms with van der Waals surface area (Å²) in [7, 11) is 1.87. The topological polar surface area (TPSA) is 88.8 Å². The lowest BCUT2D eigenvalue weighted by molar-refractivity contribution is 0.248. The van der Waals surface area contributed by atoms with Gasteiger partial charge in [-0.05, 0) is 43.1 Å². The molecule has 0 radical (unpaired) electrons. The van der Waals surface area contributed by atoms with Crippen LogP contribution in [-0.4, -0.2) is 38.7 Å². The maximum Gasteiger partial charge on any atom is 0.320 e. The van der Waals surface area contributed by atoms with E-state index in [-0.39, 0.29) is 12.1 Å². The standard InChI is InChI=1S/C25H27N7O/c1-17-23(19-14-27-31(2)16-19)30-32(20-9-4-3-5-10-20)24(17)29-25(33)28-22-15-26-13-12-18-8-6-7-11-21(18)22/h3-11,14,16,22,26H,12-13,15H2,1-2H3,(H2,28,29,33). The van der Waals surface area contributed by atoms with E-state index in [0.29, 0.717) is 12.4 Å². The molecule has 0 fully saturated rings. The monoisotopic (exact) mass is 441 g/mol. The van der Waals surface area contributed by atoms with Crippen LogP contribution in [-0.2, 0) is 13.5 Å². The zero-order valence-corrected chi connectivity index (χ0v) is 18.7. The van der Waals surface area contributed by atoms with Gasteiger partial charge in [0.05, 0.1) is 17.9 Å². The number of anilines is 1. The van der Waals surface area contributed by atoms with Gasteiger partial charge >= 0.3 is 6.03 Å². The van der Waals surface area contributed by atoms with Crippen LogP contribution in [0.25, 0.3) is 16.9 Å². The number of carbonyl (C=O) groups excluding carboxylic acids is 1. The highest BCUT2D eigenvalue weighted by Gasteiger charge is 2.23. The van der Waals surface area contributed by atoms with Gasteiger partial charge < -0.3 is 10.6 Å². The molecule has 8 heteroatoms. The molecule has 3 heterocycles. The molecule has 0 spiro atoms. The average molecular weight is 442 g/mol. The number of nitrogens with zero attached hydrogens (tertiary/aromatic N) is 4. The molecule has 3 N–H and O–H groups in total. The lowest BCUT2D eigenvalue weighted by atomic mass is 10.00. The second-order valence-electron chi connectivity index (χ2n) is 8.28. The SMILES string of the molecule is Cc1c(-c2cnn(C)c2)nn(-c2ccccc2)c1NC(=O)NC1CNCCc2ccccc21. The van der Waals surface area contributed by atoms with Crippen LogP contribution < -0.4 is 16.0 Å². The Morgan fingerprint density at radius 3 is 2.70 bits per heavy atom. The molecule has 4 aromatic rings. The first-order valence-electron chi connectivity index (χ1n) is 11.1. The number of carbonyl (C=O) groups is 1. The van der Waals surface area contributed by atoms with Crippen molar-refractivity contribution in [2.45, 2.75) is 19.4 Å². The number of rotatable bonds is 4. The van der Waals surface area contributed by atoms with E-state index >= 15 is 0 Å². The van der Waals surface area contributed by atoms with Gasteiger partial charge in [-0.25, -0.2) is 9.48 Å². The minimum absolute atomic E-state index is 0.116. The minimum atomic E-state index is -0.267. The maximum absolute atomic E-state index is 13.2. The first-order valence-corrected chi connectivity index (χ1v) is 11.1. The van der Waals surface area contributed by atoms with E-state index in [0.717, 1.165) is 41.0 Å². The summed E-state index contributed by atoms with van der Waals surface area (Å²) in [6.45, 7) is 3.54. The van der Waals surface area contributed by atoms with Crippen molar-refractivity contribution in [3.63, 3.8) is 0 Å². The van der Waals surface area contributed by atoms with Crippen molar-refractivity contribution in [2.24, 2.45) is 7.05 Å². The smallest absolute Gasteiger partial charge is 0.320 e. The van der Waals surface area contributed by atoms with E-state index in [9.17, 15) is 4.79 Å². The third-order valence-corrected chi connectivity index (χ3v) is 5.99. The number of aromatic nitrogens is 4. The third-order valence-electron chi connectivity index (χ3n) is 5.99. The molecule has 0 saturated heterocycles. The minimum Gasteiger partial charge on any atom is -0.330 e. The van der Waals surface area contributed by atoms with E-state index < -0.39 is 0 Å². The molecule has 0 bridgehead atoms. The molecule has 0 saturated carbocycles. The Bertz CT molecular complexity index is 1280. The van der Waals surface area contributed by atoms with E-state index in [1.807, 2.05) is 62.6 Å². The predicted octanol–water partition coefficient (Wildman–Crippen LogP) is 3.59. The van der Waals surface area contributed by atoms with Gasteiger partial charge in [0.15, 0.2) is 0 Å². The summed E-state index contributed by atoms with van der Waals surface area (Å²) in [6, 6.07) is 17.7. The van der Waals surface area contributed by atoms with Crippen LogP contribution in [0.2, 0.25) is 0 Å². The number of para-hydroxylation sites is 1. The number of nitrogens with one attached hydrogen (secondary N) is 3. The predicted molar refractivity (Wildman–Crippen MR) is 128 cm³/mol. The van der Waals surface area contributed by atoms with Crippen molar-refractivity contribution in [3.8, 4) is 16.9 Å². The number of aryl methyl sites for hydroxylation is 1. The van der Waals surface area contributed by atoms with E-state index in [2.05, 4.69) is 33.2 Å². The molecule has 1 atom stereocenters.